The molecular formula is C16H22N2. The molecule has 96 valence electrons. The van der Waals surface area contributed by atoms with Gasteiger partial charge in [-0.3, -0.25) is 0 Å². The van der Waals surface area contributed by atoms with Gasteiger partial charge in [0.15, 0.2) is 0 Å². The van der Waals surface area contributed by atoms with Crippen LogP contribution in [0, 0.1) is 5.92 Å². The fourth-order valence-electron chi connectivity index (χ4n) is 2.08. The van der Waals surface area contributed by atoms with E-state index in [4.69, 9.17) is 5.73 Å². The molecule has 0 aliphatic carbocycles. The van der Waals surface area contributed by atoms with E-state index >= 15 is 0 Å². The lowest BCUT2D eigenvalue weighted by molar-refractivity contribution is 0.513. The standard InChI is InChI=1S/C16H22N2/c1-13(2)16(17)15-9-11-18(12-15)10-8-14-6-4-3-5-7-14/h3-7,9,11-13,16H,8,10,17H2,1-2H3. The molecule has 0 fully saturated rings. The first-order valence-corrected chi connectivity index (χ1v) is 6.62. The summed E-state index contributed by atoms with van der Waals surface area (Å²) >= 11 is 0. The van der Waals surface area contributed by atoms with Crippen molar-refractivity contribution in [3.8, 4) is 0 Å². The van der Waals surface area contributed by atoms with Crippen LogP contribution < -0.4 is 5.73 Å². The van der Waals surface area contributed by atoms with Crippen molar-refractivity contribution in [1.29, 1.82) is 0 Å². The van der Waals surface area contributed by atoms with Crippen LogP contribution in [0.15, 0.2) is 48.8 Å². The lowest BCUT2D eigenvalue weighted by atomic mass is 10.00. The third-order valence-electron chi connectivity index (χ3n) is 3.38. The van der Waals surface area contributed by atoms with E-state index in [1.165, 1.54) is 11.1 Å². The largest absolute Gasteiger partial charge is 0.354 e. The lowest BCUT2D eigenvalue weighted by Gasteiger charge is -2.13. The number of aryl methyl sites for hydroxylation is 2. The maximum Gasteiger partial charge on any atom is 0.0333 e. The summed E-state index contributed by atoms with van der Waals surface area (Å²) in [5, 5.41) is 0. The van der Waals surface area contributed by atoms with Crippen molar-refractivity contribution in [3.05, 3.63) is 59.9 Å². The van der Waals surface area contributed by atoms with Gasteiger partial charge in [-0.2, -0.15) is 0 Å². The molecule has 0 aliphatic heterocycles. The quantitative estimate of drug-likeness (QED) is 0.856. The van der Waals surface area contributed by atoms with Gasteiger partial charge >= 0.3 is 0 Å². The van der Waals surface area contributed by atoms with E-state index in [1.807, 2.05) is 0 Å². The second-order valence-electron chi connectivity index (χ2n) is 5.19. The third-order valence-corrected chi connectivity index (χ3v) is 3.38. The van der Waals surface area contributed by atoms with Crippen molar-refractivity contribution >= 4 is 0 Å². The summed E-state index contributed by atoms with van der Waals surface area (Å²) in [6.07, 6.45) is 5.36. The van der Waals surface area contributed by atoms with Crippen LogP contribution in [0.3, 0.4) is 0 Å². The minimum absolute atomic E-state index is 0.142. The van der Waals surface area contributed by atoms with Gasteiger partial charge in [-0.1, -0.05) is 44.2 Å². The molecule has 2 heteroatoms. The number of nitrogens with zero attached hydrogens (tertiary/aromatic N) is 1. The van der Waals surface area contributed by atoms with Crippen molar-refractivity contribution in [2.45, 2.75) is 32.9 Å². The smallest absolute Gasteiger partial charge is 0.0333 e. The summed E-state index contributed by atoms with van der Waals surface area (Å²) in [5.41, 5.74) is 8.76. The molecule has 2 nitrogen and oxygen atoms in total. The third kappa shape index (κ3) is 3.23. The second-order valence-corrected chi connectivity index (χ2v) is 5.19. The van der Waals surface area contributed by atoms with Crippen LogP contribution in [-0.4, -0.2) is 4.57 Å². The molecule has 0 spiro atoms. The molecule has 2 aromatic rings. The first-order valence-electron chi connectivity index (χ1n) is 6.62. The minimum Gasteiger partial charge on any atom is -0.354 e. The van der Waals surface area contributed by atoms with Crippen LogP contribution in [-0.2, 0) is 13.0 Å². The van der Waals surface area contributed by atoms with Crippen LogP contribution in [0.2, 0.25) is 0 Å². The molecule has 1 heterocycles. The van der Waals surface area contributed by atoms with Crippen LogP contribution in [0.5, 0.6) is 0 Å². The fraction of sp³-hybridized carbons (Fsp3) is 0.375. The Labute approximate surface area is 109 Å². The highest BCUT2D eigenvalue weighted by Gasteiger charge is 2.11. The van der Waals surface area contributed by atoms with E-state index in [2.05, 4.69) is 67.2 Å². The van der Waals surface area contributed by atoms with E-state index in [-0.39, 0.29) is 6.04 Å². The molecule has 2 rings (SSSR count). The fourth-order valence-corrected chi connectivity index (χ4v) is 2.08. The summed E-state index contributed by atoms with van der Waals surface area (Å²) in [7, 11) is 0. The van der Waals surface area contributed by atoms with Gasteiger partial charge in [0.25, 0.3) is 0 Å². The minimum atomic E-state index is 0.142. The van der Waals surface area contributed by atoms with Crippen LogP contribution in [0.1, 0.15) is 31.0 Å². The number of hydrogen-bond acceptors (Lipinski definition) is 1. The van der Waals surface area contributed by atoms with Gasteiger partial charge in [0.2, 0.25) is 0 Å². The zero-order valence-corrected chi connectivity index (χ0v) is 11.2. The van der Waals surface area contributed by atoms with Gasteiger partial charge in [-0.05, 0) is 29.5 Å². The summed E-state index contributed by atoms with van der Waals surface area (Å²) in [6.45, 7) is 5.33. The zero-order chi connectivity index (χ0) is 13.0. The average Bonchev–Trinajstić information content (AvgIpc) is 2.85. The highest BCUT2D eigenvalue weighted by molar-refractivity contribution is 5.17. The van der Waals surface area contributed by atoms with Crippen LogP contribution >= 0.6 is 0 Å². The molecule has 18 heavy (non-hydrogen) atoms. The molecule has 0 saturated heterocycles. The molecule has 1 aromatic carbocycles. The maximum absolute atomic E-state index is 6.15. The Morgan fingerprint density at radius 2 is 1.83 bits per heavy atom. The van der Waals surface area contributed by atoms with Gasteiger partial charge in [-0.15, -0.1) is 0 Å². The molecule has 2 N–H and O–H groups in total. The Morgan fingerprint density at radius 1 is 1.11 bits per heavy atom. The van der Waals surface area contributed by atoms with Gasteiger partial charge in [0, 0.05) is 25.0 Å². The summed E-state index contributed by atoms with van der Waals surface area (Å²) < 4.78 is 2.23. The highest BCUT2D eigenvalue weighted by Crippen LogP contribution is 2.19. The van der Waals surface area contributed by atoms with E-state index < -0.39 is 0 Å². The Kier molecular flexibility index (Phi) is 4.21. The Hall–Kier alpha value is -1.54. The van der Waals surface area contributed by atoms with Crippen LogP contribution in [0.4, 0.5) is 0 Å². The molecule has 1 atom stereocenters. The van der Waals surface area contributed by atoms with Crippen LogP contribution in [0.25, 0.3) is 0 Å². The van der Waals surface area contributed by atoms with Gasteiger partial charge in [0.1, 0.15) is 0 Å². The van der Waals surface area contributed by atoms with Gasteiger partial charge in [-0.25, -0.2) is 0 Å². The lowest BCUT2D eigenvalue weighted by Crippen LogP contribution is -2.15. The molecule has 0 aliphatic rings. The number of aromatic nitrogens is 1. The molecule has 0 radical (unpaired) electrons. The Bertz CT molecular complexity index is 471. The Balaban J connectivity index is 1.95. The summed E-state index contributed by atoms with van der Waals surface area (Å²) in [5.74, 6) is 0.481. The molecule has 0 bridgehead atoms. The van der Waals surface area contributed by atoms with Crippen molar-refractivity contribution in [2.24, 2.45) is 11.7 Å². The predicted molar refractivity (Wildman–Crippen MR) is 76.3 cm³/mol. The molecule has 1 aromatic heterocycles. The number of rotatable bonds is 5. The number of benzene rings is 1. The Morgan fingerprint density at radius 3 is 2.50 bits per heavy atom. The van der Waals surface area contributed by atoms with E-state index in [9.17, 15) is 0 Å². The molecule has 0 saturated carbocycles. The average molecular weight is 242 g/mol. The van der Waals surface area contributed by atoms with Gasteiger partial charge < -0.3 is 10.3 Å². The predicted octanol–water partition coefficient (Wildman–Crippen LogP) is 3.39. The molecule has 1 unspecified atom stereocenters. The van der Waals surface area contributed by atoms with E-state index in [0.717, 1.165) is 13.0 Å². The monoisotopic (exact) mass is 242 g/mol. The zero-order valence-electron chi connectivity index (χ0n) is 11.2. The van der Waals surface area contributed by atoms with Crippen molar-refractivity contribution in [1.82, 2.24) is 4.57 Å². The topological polar surface area (TPSA) is 30.9 Å². The van der Waals surface area contributed by atoms with E-state index in [1.54, 1.807) is 0 Å². The molecular weight excluding hydrogens is 220 g/mol. The summed E-state index contributed by atoms with van der Waals surface area (Å²) in [6, 6.07) is 12.8. The number of nitrogens with two attached hydrogens (primary N) is 1. The van der Waals surface area contributed by atoms with Crippen molar-refractivity contribution in [3.63, 3.8) is 0 Å². The first kappa shape index (κ1) is 12.9. The molecule has 0 amide bonds. The van der Waals surface area contributed by atoms with E-state index in [0.29, 0.717) is 5.92 Å². The second kappa shape index (κ2) is 5.87. The SMILES string of the molecule is CC(C)C(N)c1ccn(CCc2ccccc2)c1. The highest BCUT2D eigenvalue weighted by atomic mass is 14.9. The number of hydrogen-bond donors (Lipinski definition) is 1. The normalized spacial score (nSPS) is 12.9. The van der Waals surface area contributed by atoms with Crippen molar-refractivity contribution in [2.75, 3.05) is 0 Å². The maximum atomic E-state index is 6.15. The van der Waals surface area contributed by atoms with Gasteiger partial charge in [0.05, 0.1) is 0 Å². The van der Waals surface area contributed by atoms with Crippen molar-refractivity contribution < 1.29 is 0 Å². The summed E-state index contributed by atoms with van der Waals surface area (Å²) in [4.78, 5) is 0. The first-order chi connectivity index (χ1) is 8.66.